The summed E-state index contributed by atoms with van der Waals surface area (Å²) in [5.74, 6) is 3.18. The number of aliphatic hydroxyl groups is 3. The van der Waals surface area contributed by atoms with Crippen molar-refractivity contribution in [2.24, 2.45) is 34.0 Å². The van der Waals surface area contributed by atoms with Gasteiger partial charge in [-0.2, -0.15) is 0 Å². The molecule has 1 aliphatic carbocycles. The normalized spacial score (nSPS) is 21.6. The molecule has 0 heterocycles. The highest BCUT2D eigenvalue weighted by Gasteiger charge is 2.40. The maximum Gasteiger partial charge on any atom is 0.330 e. The van der Waals surface area contributed by atoms with Crippen LogP contribution in [0.15, 0.2) is 29.3 Å². The van der Waals surface area contributed by atoms with E-state index in [-0.39, 0.29) is 29.8 Å². The molecule has 0 saturated heterocycles. The minimum absolute atomic E-state index is 0.0388. The molecule has 0 aliphatic heterocycles. The van der Waals surface area contributed by atoms with E-state index in [0.717, 1.165) is 19.3 Å². The second-order valence-electron chi connectivity index (χ2n) is 10.3. The fourth-order valence-corrected chi connectivity index (χ4v) is 5.01. The standard InChI is InChI=1S/C29H43FN4O6/c30-23-10-6-5-8-19(23)13-14-20(35)15-16-22-21(25(36)18-26(22)37)9-3-1-2-4-12-27(38)40-28(39)24(31)11-7-17-34-29(32)33/h5-6,8,10,20-22,24-26,35-37H,1-4,7,9,11-12,15-18,31H2,(H4,32,33,34)/t20-,21+,22+,24-,25+,26+/m0/s1. The van der Waals surface area contributed by atoms with Crippen molar-refractivity contribution in [3.63, 3.8) is 0 Å². The van der Waals surface area contributed by atoms with Crippen molar-refractivity contribution in [1.82, 2.24) is 0 Å². The van der Waals surface area contributed by atoms with E-state index in [4.69, 9.17) is 21.9 Å². The molecule has 11 heteroatoms. The van der Waals surface area contributed by atoms with Crippen LogP contribution in [0.25, 0.3) is 0 Å². The number of nitrogens with zero attached hydrogens (tertiary/aromatic N) is 1. The number of nitrogens with two attached hydrogens (primary N) is 3. The average molecular weight is 563 g/mol. The van der Waals surface area contributed by atoms with E-state index < -0.39 is 42.1 Å². The molecule has 1 saturated carbocycles. The van der Waals surface area contributed by atoms with E-state index in [2.05, 4.69) is 16.8 Å². The van der Waals surface area contributed by atoms with Gasteiger partial charge in [-0.05, 0) is 68.9 Å². The van der Waals surface area contributed by atoms with Gasteiger partial charge in [-0.25, -0.2) is 9.18 Å². The molecule has 0 bridgehead atoms. The predicted molar refractivity (Wildman–Crippen MR) is 149 cm³/mol. The highest BCUT2D eigenvalue weighted by atomic mass is 19.1. The molecular formula is C29H43FN4O6. The topological polar surface area (TPSA) is 194 Å². The van der Waals surface area contributed by atoms with Gasteiger partial charge in [-0.3, -0.25) is 9.79 Å². The van der Waals surface area contributed by atoms with Gasteiger partial charge in [-0.1, -0.05) is 43.2 Å². The Bertz CT molecular complexity index is 1040. The first-order valence-electron chi connectivity index (χ1n) is 13.9. The number of guanidine groups is 1. The van der Waals surface area contributed by atoms with Crippen molar-refractivity contribution in [2.75, 3.05) is 6.54 Å². The number of carbonyl (C=O) groups excluding carboxylic acids is 2. The van der Waals surface area contributed by atoms with Crippen LogP contribution < -0.4 is 17.2 Å². The molecule has 40 heavy (non-hydrogen) atoms. The molecule has 0 aromatic heterocycles. The molecule has 1 aromatic rings. The van der Waals surface area contributed by atoms with Gasteiger partial charge in [0, 0.05) is 13.0 Å². The summed E-state index contributed by atoms with van der Waals surface area (Å²) in [6.45, 7) is 0.336. The largest absolute Gasteiger partial charge is 0.393 e. The molecule has 1 fully saturated rings. The van der Waals surface area contributed by atoms with E-state index in [1.165, 1.54) is 6.07 Å². The molecule has 0 unspecified atom stereocenters. The Morgan fingerprint density at radius 1 is 1.02 bits per heavy atom. The highest BCUT2D eigenvalue weighted by Crippen LogP contribution is 2.39. The maximum absolute atomic E-state index is 13.7. The van der Waals surface area contributed by atoms with Crippen LogP contribution in [0.5, 0.6) is 0 Å². The van der Waals surface area contributed by atoms with Gasteiger partial charge >= 0.3 is 11.9 Å². The third-order valence-electron chi connectivity index (χ3n) is 7.20. The molecule has 1 aliphatic rings. The molecule has 222 valence electrons. The van der Waals surface area contributed by atoms with Crippen LogP contribution in [0, 0.1) is 29.5 Å². The molecule has 2 rings (SSSR count). The zero-order chi connectivity index (χ0) is 29.5. The van der Waals surface area contributed by atoms with Gasteiger partial charge < -0.3 is 37.3 Å². The van der Waals surface area contributed by atoms with E-state index in [1.54, 1.807) is 18.2 Å². The average Bonchev–Trinajstić information content (AvgIpc) is 3.17. The number of hydrogen-bond acceptors (Lipinski definition) is 8. The molecule has 10 nitrogen and oxygen atoms in total. The third kappa shape index (κ3) is 12.0. The first kappa shape index (κ1) is 33.2. The van der Waals surface area contributed by atoms with Crippen molar-refractivity contribution in [3.05, 3.63) is 35.6 Å². The molecule has 6 atom stereocenters. The van der Waals surface area contributed by atoms with Crippen molar-refractivity contribution in [1.29, 1.82) is 0 Å². The Balaban J connectivity index is 1.65. The van der Waals surface area contributed by atoms with Crippen LogP contribution in [0.2, 0.25) is 0 Å². The van der Waals surface area contributed by atoms with Crippen LogP contribution in [-0.4, -0.2) is 64.1 Å². The summed E-state index contributed by atoms with van der Waals surface area (Å²) < 4.78 is 18.5. The number of carbonyl (C=O) groups is 2. The lowest BCUT2D eigenvalue weighted by atomic mass is 9.85. The van der Waals surface area contributed by atoms with Gasteiger partial charge in [0.1, 0.15) is 18.0 Å². The Morgan fingerprint density at radius 2 is 1.70 bits per heavy atom. The van der Waals surface area contributed by atoms with Gasteiger partial charge in [0.2, 0.25) is 0 Å². The highest BCUT2D eigenvalue weighted by molar-refractivity contribution is 5.88. The summed E-state index contributed by atoms with van der Waals surface area (Å²) in [6.07, 6.45) is 3.37. The van der Waals surface area contributed by atoms with E-state index in [9.17, 15) is 29.3 Å². The fourth-order valence-electron chi connectivity index (χ4n) is 5.01. The molecule has 0 amide bonds. The summed E-state index contributed by atoms with van der Waals surface area (Å²) in [7, 11) is 0. The number of rotatable bonds is 15. The Labute approximate surface area is 235 Å². The van der Waals surface area contributed by atoms with Crippen LogP contribution in [0.3, 0.4) is 0 Å². The van der Waals surface area contributed by atoms with Crippen molar-refractivity contribution in [2.45, 2.75) is 95.0 Å². The SMILES string of the molecule is NC(N)=NCCC[C@H](N)C(=O)OC(=O)CCCCCC[C@@H]1[C@@H](CC[C@@H](O)C#Cc2ccccc2F)[C@H](O)C[C@H]1O. The molecule has 1 aromatic carbocycles. The molecular weight excluding hydrogens is 519 g/mol. The zero-order valence-corrected chi connectivity index (χ0v) is 22.9. The van der Waals surface area contributed by atoms with Crippen molar-refractivity contribution in [3.8, 4) is 11.8 Å². The Kier molecular flexibility index (Phi) is 14.6. The number of halogens is 1. The monoisotopic (exact) mass is 562 g/mol. The number of aliphatic imine (C=N–C) groups is 1. The minimum Gasteiger partial charge on any atom is -0.393 e. The van der Waals surface area contributed by atoms with Crippen LogP contribution in [0.1, 0.15) is 76.2 Å². The van der Waals surface area contributed by atoms with Crippen LogP contribution >= 0.6 is 0 Å². The lowest BCUT2D eigenvalue weighted by molar-refractivity contribution is -0.160. The first-order valence-corrected chi connectivity index (χ1v) is 13.9. The summed E-state index contributed by atoms with van der Waals surface area (Å²) in [4.78, 5) is 27.7. The van der Waals surface area contributed by atoms with Crippen LogP contribution in [0.4, 0.5) is 4.39 Å². The van der Waals surface area contributed by atoms with Gasteiger partial charge in [0.05, 0.1) is 17.8 Å². The zero-order valence-electron chi connectivity index (χ0n) is 22.9. The minimum atomic E-state index is -0.962. The Hall–Kier alpha value is -3.04. The number of benzene rings is 1. The molecule has 0 radical (unpaired) electrons. The molecule has 0 spiro atoms. The van der Waals surface area contributed by atoms with Crippen molar-refractivity contribution >= 4 is 17.9 Å². The van der Waals surface area contributed by atoms with Gasteiger partial charge in [0.25, 0.3) is 0 Å². The van der Waals surface area contributed by atoms with Crippen LogP contribution in [-0.2, 0) is 14.3 Å². The van der Waals surface area contributed by atoms with E-state index in [1.807, 2.05) is 0 Å². The molecule has 9 N–H and O–H groups in total. The number of unbranched alkanes of at least 4 members (excludes halogenated alkanes) is 3. The number of esters is 2. The summed E-state index contributed by atoms with van der Waals surface area (Å²) in [5.41, 5.74) is 16.4. The summed E-state index contributed by atoms with van der Waals surface area (Å²) >= 11 is 0. The lowest BCUT2D eigenvalue weighted by Gasteiger charge is -2.24. The maximum atomic E-state index is 13.7. The van der Waals surface area contributed by atoms with Gasteiger partial charge in [0.15, 0.2) is 5.96 Å². The fraction of sp³-hybridized carbons (Fsp3) is 0.621. The van der Waals surface area contributed by atoms with Crippen molar-refractivity contribution < 1.29 is 34.0 Å². The quantitative estimate of drug-likeness (QED) is 0.0458. The number of aliphatic hydroxyl groups excluding tert-OH is 3. The van der Waals surface area contributed by atoms with E-state index in [0.29, 0.717) is 51.5 Å². The second kappa shape index (κ2) is 17.6. The third-order valence-corrected chi connectivity index (χ3v) is 7.20. The number of ether oxygens (including phenoxy) is 1. The number of hydrogen-bond donors (Lipinski definition) is 6. The second-order valence-corrected chi connectivity index (χ2v) is 10.3. The van der Waals surface area contributed by atoms with Gasteiger partial charge in [-0.15, -0.1) is 0 Å². The summed E-state index contributed by atoms with van der Waals surface area (Å²) in [5, 5.41) is 31.2. The predicted octanol–water partition coefficient (Wildman–Crippen LogP) is 1.47. The first-order chi connectivity index (χ1) is 19.1. The smallest absolute Gasteiger partial charge is 0.330 e. The lowest BCUT2D eigenvalue weighted by Crippen LogP contribution is -2.34. The van der Waals surface area contributed by atoms with E-state index >= 15 is 0 Å². The Morgan fingerprint density at radius 3 is 2.40 bits per heavy atom. The summed E-state index contributed by atoms with van der Waals surface area (Å²) in [6, 6.07) is 5.17.